The second kappa shape index (κ2) is 21.5. The van der Waals surface area contributed by atoms with E-state index in [9.17, 15) is 9.90 Å². The number of carbonyl (C=O) groups excluding carboxylic acids is 1. The summed E-state index contributed by atoms with van der Waals surface area (Å²) < 4.78 is 5.35. The number of aryl methyl sites for hydroxylation is 1. The van der Waals surface area contributed by atoms with Gasteiger partial charge in [-0.25, -0.2) is 0 Å². The predicted molar refractivity (Wildman–Crippen MR) is 261 cm³/mol. The Morgan fingerprint density at radius 1 is 0.828 bits per heavy atom. The molecule has 0 saturated heterocycles. The summed E-state index contributed by atoms with van der Waals surface area (Å²) in [4.78, 5) is 36.3. The molecular formula is C49H60N12O3. The van der Waals surface area contributed by atoms with E-state index in [0.29, 0.717) is 40.4 Å². The van der Waals surface area contributed by atoms with Crippen LogP contribution in [0.1, 0.15) is 67.7 Å². The number of aromatic hydroxyl groups is 1. The van der Waals surface area contributed by atoms with Gasteiger partial charge in [-0.1, -0.05) is 58.1 Å². The Labute approximate surface area is 375 Å². The number of methoxy groups -OCH3 is 1. The number of benzene rings is 4. The van der Waals surface area contributed by atoms with Gasteiger partial charge < -0.3 is 45.9 Å². The molecule has 0 unspecified atom stereocenters. The molecule has 6 aromatic rings. The third kappa shape index (κ3) is 10.8. The number of nitrogens with zero attached hydrogens (tertiary/aromatic N) is 7. The Balaban J connectivity index is 1.16. The molecule has 6 N–H and O–H groups in total. The number of phenols is 1. The minimum absolute atomic E-state index is 0.0689. The van der Waals surface area contributed by atoms with Crippen molar-refractivity contribution in [2.75, 3.05) is 80.7 Å². The number of nitrogens with one attached hydrogen (secondary N) is 5. The highest BCUT2D eigenvalue weighted by molar-refractivity contribution is 6.18. The summed E-state index contributed by atoms with van der Waals surface area (Å²) in [6.07, 6.45) is 10.8. The number of hydrogen-bond acceptors (Lipinski definition) is 13. The Morgan fingerprint density at radius 3 is 2.14 bits per heavy atom. The van der Waals surface area contributed by atoms with Gasteiger partial charge in [0.05, 0.1) is 23.9 Å². The molecular weight excluding hydrogens is 805 g/mol. The zero-order chi connectivity index (χ0) is 45.0. The Kier molecular flexibility index (Phi) is 15.2. The minimum Gasteiger partial charge on any atom is -0.505 e. The van der Waals surface area contributed by atoms with Gasteiger partial charge in [0.25, 0.3) is 5.91 Å². The van der Waals surface area contributed by atoms with E-state index in [4.69, 9.17) is 14.7 Å². The van der Waals surface area contributed by atoms with E-state index in [2.05, 4.69) is 85.0 Å². The first-order valence-corrected chi connectivity index (χ1v) is 22.3. The van der Waals surface area contributed by atoms with Gasteiger partial charge in [0.15, 0.2) is 5.75 Å². The summed E-state index contributed by atoms with van der Waals surface area (Å²) in [7, 11) is 1.60. The van der Waals surface area contributed by atoms with Crippen molar-refractivity contribution in [3.8, 4) is 11.5 Å². The van der Waals surface area contributed by atoms with Gasteiger partial charge in [-0.05, 0) is 137 Å². The van der Waals surface area contributed by atoms with Crippen molar-refractivity contribution in [1.82, 2.24) is 29.7 Å². The molecule has 0 bridgehead atoms. The van der Waals surface area contributed by atoms with Crippen LogP contribution in [0.4, 0.5) is 40.6 Å². The molecule has 0 spiro atoms. The maximum atomic E-state index is 13.9. The number of aromatic nitrogens is 4. The third-order valence-electron chi connectivity index (χ3n) is 11.6. The van der Waals surface area contributed by atoms with Crippen LogP contribution in [0.2, 0.25) is 0 Å². The van der Waals surface area contributed by atoms with E-state index < -0.39 is 5.91 Å². The monoisotopic (exact) mass is 864 g/mol. The van der Waals surface area contributed by atoms with E-state index in [1.54, 1.807) is 25.3 Å². The van der Waals surface area contributed by atoms with E-state index in [-0.39, 0.29) is 17.0 Å². The van der Waals surface area contributed by atoms with Gasteiger partial charge in [0.1, 0.15) is 11.4 Å². The maximum Gasteiger partial charge on any atom is 0.259 e. The van der Waals surface area contributed by atoms with Gasteiger partial charge in [0, 0.05) is 40.9 Å². The quantitative estimate of drug-likeness (QED) is 0.0299. The highest BCUT2D eigenvalue weighted by Crippen LogP contribution is 2.44. The lowest BCUT2D eigenvalue weighted by Crippen LogP contribution is -2.26. The summed E-state index contributed by atoms with van der Waals surface area (Å²) in [5, 5.41) is 36.7. The topological polar surface area (TPSA) is 180 Å². The summed E-state index contributed by atoms with van der Waals surface area (Å²) in [5.74, 6) is 1.31. The molecule has 7 rings (SSSR count). The minimum atomic E-state index is -0.482. The Hall–Kier alpha value is -6.84. The average Bonchev–Trinajstić information content (AvgIpc) is 3.49. The maximum absolute atomic E-state index is 13.9. The van der Waals surface area contributed by atoms with Crippen molar-refractivity contribution in [2.24, 2.45) is 10.2 Å². The average molecular weight is 865 g/mol. The smallest absolute Gasteiger partial charge is 0.259 e. The van der Waals surface area contributed by atoms with Gasteiger partial charge in [-0.3, -0.25) is 4.79 Å². The fourth-order valence-corrected chi connectivity index (χ4v) is 7.87. The highest BCUT2D eigenvalue weighted by atomic mass is 16.5. The van der Waals surface area contributed by atoms with Crippen LogP contribution in [-0.2, 0) is 6.42 Å². The molecule has 1 aliphatic rings. The summed E-state index contributed by atoms with van der Waals surface area (Å²) in [6.45, 7) is 18.1. The predicted octanol–water partition coefficient (Wildman–Crippen LogP) is 10.4. The van der Waals surface area contributed by atoms with Crippen molar-refractivity contribution in [2.45, 2.75) is 53.9 Å². The lowest BCUT2D eigenvalue weighted by molar-refractivity contribution is 0.102. The van der Waals surface area contributed by atoms with Crippen LogP contribution < -0.4 is 26.0 Å². The first-order valence-electron chi connectivity index (χ1n) is 22.3. The molecule has 2 aromatic heterocycles. The first-order chi connectivity index (χ1) is 31.2. The molecule has 0 fully saturated rings. The van der Waals surface area contributed by atoms with Gasteiger partial charge >= 0.3 is 0 Å². The molecule has 334 valence electrons. The molecule has 15 heteroatoms. The molecule has 0 radical (unpaired) electrons. The normalized spacial score (nSPS) is 12.4. The zero-order valence-electron chi connectivity index (χ0n) is 37.8. The number of anilines is 5. The molecule has 0 saturated carbocycles. The second-order valence-corrected chi connectivity index (χ2v) is 15.6. The standard InChI is InChI=1S/C49H60N12O3/c1-7-60(8-2)28-14-26-50-47-55-48(51-27-15-29-61(9-3)10-4)57-49(56-47)52-34-19-21-35(22-20-34)58-59-44-42-33(18-24-38-37-16-12-11-13-17-41(37)53-43(38)42)31-39(45(44)62)46(63)54-40-25-23-36(64-6)30-32(40)5/h11-13,17-25,30-31,53,62H,7-10,14-16,26-29H2,1-6H3,(H,54,63)(H3,50,51,52,55,56,57). The number of allylic oxidation sites excluding steroid dienone is 3. The lowest BCUT2D eigenvalue weighted by Gasteiger charge is -2.18. The summed E-state index contributed by atoms with van der Waals surface area (Å²) >= 11 is 0. The van der Waals surface area contributed by atoms with Crippen molar-refractivity contribution >= 4 is 74.3 Å². The number of aromatic amines is 1. The summed E-state index contributed by atoms with van der Waals surface area (Å²) in [5.41, 5.74) is 5.85. The zero-order valence-corrected chi connectivity index (χ0v) is 37.8. The number of azo groups is 1. The SMILES string of the molecule is CCN(CC)CCCNc1nc(NCCCN(CC)CC)nc(Nc2ccc(N=Nc3c(O)c(C(=O)Nc4ccc(OC)cc4C)cc4ccc5c6c([nH]c5c34)C=CC=CC6)cc2)n1. The van der Waals surface area contributed by atoms with E-state index in [1.165, 1.54) is 0 Å². The fourth-order valence-electron chi connectivity index (χ4n) is 7.87. The molecule has 0 aliphatic heterocycles. The molecule has 0 atom stereocenters. The van der Waals surface area contributed by atoms with Crippen molar-refractivity contribution in [3.63, 3.8) is 0 Å². The molecule has 1 amide bonds. The van der Waals surface area contributed by atoms with E-state index in [0.717, 1.165) is 110 Å². The van der Waals surface area contributed by atoms with Gasteiger partial charge in [0.2, 0.25) is 17.8 Å². The van der Waals surface area contributed by atoms with Crippen LogP contribution in [0.5, 0.6) is 11.5 Å². The Morgan fingerprint density at radius 2 is 1.50 bits per heavy atom. The number of carbonyl (C=O) groups is 1. The molecule has 1 aliphatic carbocycles. The molecule has 64 heavy (non-hydrogen) atoms. The number of rotatable bonds is 21. The van der Waals surface area contributed by atoms with Crippen LogP contribution >= 0.6 is 0 Å². The molecule has 2 heterocycles. The number of amides is 1. The summed E-state index contributed by atoms with van der Waals surface area (Å²) in [6, 6.07) is 18.5. The Bertz CT molecular complexity index is 2610. The number of fused-ring (bicyclic) bond motifs is 5. The second-order valence-electron chi connectivity index (χ2n) is 15.6. The first kappa shape index (κ1) is 45.2. The van der Waals surface area contributed by atoms with Gasteiger partial charge in [-0.15, -0.1) is 5.11 Å². The third-order valence-corrected chi connectivity index (χ3v) is 11.6. The number of phenolic OH excluding ortho intramolecular Hbond substituents is 1. The number of ether oxygens (including phenoxy) is 1. The van der Waals surface area contributed by atoms with Crippen LogP contribution in [0.25, 0.3) is 27.8 Å². The van der Waals surface area contributed by atoms with Crippen LogP contribution in [0, 0.1) is 6.92 Å². The van der Waals surface area contributed by atoms with Crippen molar-refractivity contribution < 1.29 is 14.6 Å². The number of H-pyrrole nitrogens is 1. The van der Waals surface area contributed by atoms with Gasteiger partial charge in [-0.2, -0.15) is 20.1 Å². The highest BCUT2D eigenvalue weighted by Gasteiger charge is 2.23. The van der Waals surface area contributed by atoms with Crippen LogP contribution in [0.15, 0.2) is 89.1 Å². The lowest BCUT2D eigenvalue weighted by atomic mass is 9.98. The van der Waals surface area contributed by atoms with E-state index in [1.807, 2.05) is 67.6 Å². The van der Waals surface area contributed by atoms with Crippen molar-refractivity contribution in [1.29, 1.82) is 0 Å². The number of hydrogen-bond donors (Lipinski definition) is 6. The fraction of sp³-hybridized carbons (Fsp3) is 0.347. The van der Waals surface area contributed by atoms with Crippen LogP contribution in [0.3, 0.4) is 0 Å². The molecule has 4 aromatic carbocycles. The largest absolute Gasteiger partial charge is 0.505 e. The van der Waals surface area contributed by atoms with E-state index >= 15 is 0 Å². The molecule has 15 nitrogen and oxygen atoms in total. The van der Waals surface area contributed by atoms with Crippen molar-refractivity contribution in [3.05, 3.63) is 101 Å². The van der Waals surface area contributed by atoms with Crippen LogP contribution in [-0.4, -0.2) is 100 Å².